The summed E-state index contributed by atoms with van der Waals surface area (Å²) in [7, 11) is 0. The summed E-state index contributed by atoms with van der Waals surface area (Å²) in [6.45, 7) is 5.12. The Morgan fingerprint density at radius 2 is 2.00 bits per heavy atom. The van der Waals surface area contributed by atoms with Crippen molar-refractivity contribution in [2.24, 2.45) is 0 Å². The molecule has 1 saturated heterocycles. The van der Waals surface area contributed by atoms with E-state index < -0.39 is 24.9 Å². The molecule has 3 heterocycles. The summed E-state index contributed by atoms with van der Waals surface area (Å²) in [6.07, 6.45) is -0.424. The second-order valence-electron chi connectivity index (χ2n) is 6.03. The highest BCUT2D eigenvalue weighted by Crippen LogP contribution is 2.27. The average Bonchev–Trinajstić information content (AvgIpc) is 3.00. The molecule has 1 N–H and O–H groups in total. The molecule has 1 unspecified atom stereocenters. The Balaban J connectivity index is 0.00000132. The summed E-state index contributed by atoms with van der Waals surface area (Å²) in [4.78, 5) is 13.9. The Morgan fingerprint density at radius 3 is 2.57 bits per heavy atom. The van der Waals surface area contributed by atoms with Gasteiger partial charge in [-0.3, -0.25) is 10.1 Å². The molecule has 1 aromatic heterocycles. The molecule has 2 aliphatic heterocycles. The second kappa shape index (κ2) is 7.27. The first-order valence-electron chi connectivity index (χ1n) is 7.19. The summed E-state index contributed by atoms with van der Waals surface area (Å²) in [5.74, 6) is -1.16. The van der Waals surface area contributed by atoms with Crippen LogP contribution in [0.15, 0.2) is 0 Å². The van der Waals surface area contributed by atoms with Crippen LogP contribution >= 0.6 is 24.8 Å². The van der Waals surface area contributed by atoms with Crippen molar-refractivity contribution in [1.29, 1.82) is 0 Å². The van der Waals surface area contributed by atoms with Gasteiger partial charge in [-0.2, -0.15) is 0 Å². The van der Waals surface area contributed by atoms with Crippen molar-refractivity contribution < 1.29 is 13.6 Å². The van der Waals surface area contributed by atoms with Gasteiger partial charge in [0.1, 0.15) is 5.82 Å². The van der Waals surface area contributed by atoms with Crippen LogP contribution in [0.3, 0.4) is 0 Å². The highest BCUT2D eigenvalue weighted by molar-refractivity contribution is 5.85. The molecule has 3 rings (SSSR count). The van der Waals surface area contributed by atoms with Crippen molar-refractivity contribution in [3.05, 3.63) is 11.6 Å². The van der Waals surface area contributed by atoms with Gasteiger partial charge in [-0.1, -0.05) is 13.8 Å². The Labute approximate surface area is 145 Å². The fraction of sp³-hybridized carbons (Fsp3) is 0.769. The Morgan fingerprint density at radius 1 is 1.30 bits per heavy atom. The van der Waals surface area contributed by atoms with Gasteiger partial charge in [0.2, 0.25) is 5.91 Å². The molecular formula is C13H21Cl2F2N5O. The molecule has 1 amide bonds. The van der Waals surface area contributed by atoms with Gasteiger partial charge >= 0.3 is 0 Å². The lowest BCUT2D eigenvalue weighted by Crippen LogP contribution is -2.47. The number of nitrogens with zero attached hydrogens (tertiary/aromatic N) is 4. The highest BCUT2D eigenvalue weighted by Gasteiger charge is 2.44. The van der Waals surface area contributed by atoms with Crippen LogP contribution in [-0.2, 0) is 17.9 Å². The molecule has 0 aliphatic carbocycles. The quantitative estimate of drug-likeness (QED) is 0.857. The van der Waals surface area contributed by atoms with E-state index in [1.807, 2.05) is 18.4 Å². The minimum absolute atomic E-state index is 0. The van der Waals surface area contributed by atoms with Crippen LogP contribution in [0, 0.1) is 0 Å². The van der Waals surface area contributed by atoms with Crippen LogP contribution in [-0.4, -0.2) is 50.6 Å². The second-order valence-corrected chi connectivity index (χ2v) is 6.03. The number of amides is 1. The van der Waals surface area contributed by atoms with Crippen molar-refractivity contribution in [1.82, 2.24) is 25.0 Å². The minimum Gasteiger partial charge on any atom is -0.332 e. The molecule has 0 radical (unpaired) electrons. The predicted molar refractivity (Wildman–Crippen MR) is 85.4 cm³/mol. The third kappa shape index (κ3) is 3.92. The number of alkyl halides is 2. The van der Waals surface area contributed by atoms with E-state index in [2.05, 4.69) is 15.5 Å². The van der Waals surface area contributed by atoms with E-state index in [0.29, 0.717) is 19.6 Å². The Hall–Kier alpha value is -0.990. The number of rotatable bonds is 2. The van der Waals surface area contributed by atoms with Gasteiger partial charge in [-0.15, -0.1) is 35.0 Å². The first-order chi connectivity index (χ1) is 9.87. The van der Waals surface area contributed by atoms with Crippen LogP contribution in [0.5, 0.6) is 0 Å². The summed E-state index contributed by atoms with van der Waals surface area (Å²) in [5.41, 5.74) is 0. The number of aromatic nitrogens is 3. The van der Waals surface area contributed by atoms with Gasteiger partial charge < -0.3 is 9.47 Å². The number of carbonyl (C=O) groups excluding carboxylic acids is 1. The third-order valence-corrected chi connectivity index (χ3v) is 4.02. The van der Waals surface area contributed by atoms with E-state index in [0.717, 1.165) is 11.6 Å². The SMILES string of the molecule is CC(C)c1nnc2n1CCN(C(=O)C1CC(F)(F)CN1)C2.Cl.Cl. The van der Waals surface area contributed by atoms with Crippen LogP contribution in [0.2, 0.25) is 0 Å². The van der Waals surface area contributed by atoms with E-state index in [9.17, 15) is 13.6 Å². The number of hydrogen-bond donors (Lipinski definition) is 1. The van der Waals surface area contributed by atoms with Crippen molar-refractivity contribution in [3.63, 3.8) is 0 Å². The number of nitrogens with one attached hydrogen (secondary N) is 1. The molecule has 1 fully saturated rings. The molecule has 6 nitrogen and oxygen atoms in total. The standard InChI is InChI=1S/C13H19F2N5O.2ClH/c1-8(2)11-18-17-10-6-19(3-4-20(10)11)12(21)9-5-13(14,15)7-16-9;;/h8-9,16H,3-7H2,1-2H3;2*1H. The lowest BCUT2D eigenvalue weighted by atomic mass is 10.1. The first kappa shape index (κ1) is 20.1. The molecule has 0 aromatic carbocycles. The monoisotopic (exact) mass is 371 g/mol. The largest absolute Gasteiger partial charge is 0.332 e. The molecule has 10 heteroatoms. The van der Waals surface area contributed by atoms with Crippen LogP contribution < -0.4 is 5.32 Å². The van der Waals surface area contributed by atoms with Gasteiger partial charge in [0.05, 0.1) is 19.1 Å². The Bertz CT molecular complexity index is 567. The molecule has 0 saturated carbocycles. The lowest BCUT2D eigenvalue weighted by Gasteiger charge is -2.30. The topological polar surface area (TPSA) is 63.1 Å². The molecule has 0 spiro atoms. The number of fused-ring (bicyclic) bond motifs is 1. The first-order valence-corrected chi connectivity index (χ1v) is 7.19. The number of hydrogen-bond acceptors (Lipinski definition) is 4. The van der Waals surface area contributed by atoms with Crippen LogP contribution in [0.4, 0.5) is 8.78 Å². The van der Waals surface area contributed by atoms with Crippen molar-refractivity contribution in [3.8, 4) is 0 Å². The van der Waals surface area contributed by atoms with Crippen molar-refractivity contribution in [2.75, 3.05) is 13.1 Å². The minimum atomic E-state index is -2.79. The van der Waals surface area contributed by atoms with E-state index in [4.69, 9.17) is 0 Å². The van der Waals surface area contributed by atoms with Gasteiger partial charge in [0.15, 0.2) is 5.82 Å². The van der Waals surface area contributed by atoms with Gasteiger partial charge in [0, 0.05) is 25.4 Å². The number of halogens is 4. The van der Waals surface area contributed by atoms with E-state index in [1.54, 1.807) is 4.90 Å². The lowest BCUT2D eigenvalue weighted by molar-refractivity contribution is -0.135. The maximum atomic E-state index is 13.2. The summed E-state index contributed by atoms with van der Waals surface area (Å²) in [5, 5.41) is 10.9. The average molecular weight is 372 g/mol. The fourth-order valence-corrected chi connectivity index (χ4v) is 2.91. The van der Waals surface area contributed by atoms with Crippen LogP contribution in [0.1, 0.15) is 37.8 Å². The van der Waals surface area contributed by atoms with E-state index >= 15 is 0 Å². The summed E-state index contributed by atoms with van der Waals surface area (Å²) >= 11 is 0. The number of carbonyl (C=O) groups is 1. The molecular weight excluding hydrogens is 351 g/mol. The van der Waals surface area contributed by atoms with Gasteiger partial charge in [-0.05, 0) is 0 Å². The normalized spacial score (nSPS) is 22.3. The zero-order valence-corrected chi connectivity index (χ0v) is 14.6. The van der Waals surface area contributed by atoms with Gasteiger partial charge in [-0.25, -0.2) is 8.78 Å². The third-order valence-electron chi connectivity index (χ3n) is 4.02. The zero-order chi connectivity index (χ0) is 15.2. The maximum Gasteiger partial charge on any atom is 0.262 e. The summed E-state index contributed by atoms with van der Waals surface area (Å²) in [6, 6.07) is -0.793. The van der Waals surface area contributed by atoms with Crippen LogP contribution in [0.25, 0.3) is 0 Å². The van der Waals surface area contributed by atoms with Crippen molar-refractivity contribution >= 4 is 30.7 Å². The van der Waals surface area contributed by atoms with E-state index in [-0.39, 0.29) is 36.6 Å². The highest BCUT2D eigenvalue weighted by atomic mass is 35.5. The molecule has 2 aliphatic rings. The molecule has 132 valence electrons. The van der Waals surface area contributed by atoms with Crippen molar-refractivity contribution in [2.45, 2.75) is 51.2 Å². The summed E-state index contributed by atoms with van der Waals surface area (Å²) < 4.78 is 28.4. The molecule has 1 aromatic rings. The predicted octanol–water partition coefficient (Wildman–Crippen LogP) is 1.58. The zero-order valence-electron chi connectivity index (χ0n) is 13.0. The Kier molecular flexibility index (Phi) is 6.34. The molecule has 23 heavy (non-hydrogen) atoms. The molecule has 1 atom stereocenters. The smallest absolute Gasteiger partial charge is 0.262 e. The van der Waals surface area contributed by atoms with Gasteiger partial charge in [0.25, 0.3) is 5.92 Å². The van der Waals surface area contributed by atoms with E-state index in [1.165, 1.54) is 0 Å². The maximum absolute atomic E-state index is 13.2. The molecule has 0 bridgehead atoms. The fourth-order valence-electron chi connectivity index (χ4n) is 2.91.